The zero-order valence-corrected chi connectivity index (χ0v) is 9.63. The van der Waals surface area contributed by atoms with Crippen LogP contribution in [0.4, 0.5) is 0 Å². The van der Waals surface area contributed by atoms with Gasteiger partial charge in [0.1, 0.15) is 5.84 Å². The maximum atomic E-state index is 11.1. The first kappa shape index (κ1) is 12.4. The molecule has 1 aliphatic rings. The van der Waals surface area contributed by atoms with Crippen molar-refractivity contribution < 1.29 is 9.42 Å². The van der Waals surface area contributed by atoms with Gasteiger partial charge in [0.15, 0.2) is 0 Å². The normalized spacial score (nSPS) is 27.9. The van der Waals surface area contributed by atoms with Gasteiger partial charge in [0.2, 0.25) is 0 Å². The molecule has 1 fully saturated rings. The highest BCUT2D eigenvalue weighted by Crippen LogP contribution is 2.08. The Hall–Kier alpha value is -0.620. The molecular weight excluding hydrogens is 214 g/mol. The van der Waals surface area contributed by atoms with Crippen molar-refractivity contribution in [2.75, 3.05) is 18.1 Å². The summed E-state index contributed by atoms with van der Waals surface area (Å²) in [5.74, 6) is 1.91. The molecule has 0 radical (unpaired) electrons. The summed E-state index contributed by atoms with van der Waals surface area (Å²) in [6.45, 7) is 0.869. The Bertz CT molecular complexity index is 236. The van der Waals surface area contributed by atoms with Gasteiger partial charge in [-0.3, -0.25) is 4.21 Å². The molecule has 0 amide bonds. The van der Waals surface area contributed by atoms with E-state index in [2.05, 4.69) is 10.5 Å². The van der Waals surface area contributed by atoms with Crippen LogP contribution in [0.3, 0.4) is 0 Å². The minimum atomic E-state index is -0.589. The van der Waals surface area contributed by atoms with Crippen molar-refractivity contribution in [3.8, 4) is 0 Å². The van der Waals surface area contributed by atoms with Gasteiger partial charge in [0.25, 0.3) is 0 Å². The molecule has 1 rings (SSSR count). The molecule has 5 nitrogen and oxygen atoms in total. The molecule has 0 atom stereocenters. The molecule has 0 bridgehead atoms. The molecule has 15 heavy (non-hydrogen) atoms. The van der Waals surface area contributed by atoms with Crippen LogP contribution in [0.2, 0.25) is 0 Å². The summed E-state index contributed by atoms with van der Waals surface area (Å²) in [6, 6.07) is 0.495. The van der Waals surface area contributed by atoms with Crippen LogP contribution in [0.15, 0.2) is 5.16 Å². The van der Waals surface area contributed by atoms with E-state index in [0.29, 0.717) is 12.5 Å². The lowest BCUT2D eigenvalue weighted by atomic mass is 10.1. The summed E-state index contributed by atoms with van der Waals surface area (Å²) in [5.41, 5.74) is 5.34. The largest absolute Gasteiger partial charge is 0.409 e. The highest BCUT2D eigenvalue weighted by atomic mass is 32.2. The smallest absolute Gasteiger partial charge is 0.139 e. The van der Waals surface area contributed by atoms with E-state index in [0.717, 1.165) is 37.3 Å². The average Bonchev–Trinajstić information content (AvgIpc) is 2.26. The van der Waals surface area contributed by atoms with E-state index in [1.165, 1.54) is 0 Å². The standard InChI is InChI=1S/C9H19N3O2S/c10-9(12-13)2-1-5-11-8-3-6-15(14)7-4-8/h8,11,13H,1-7H2,(H2,10,12). The van der Waals surface area contributed by atoms with E-state index in [9.17, 15) is 4.21 Å². The first-order valence-corrected chi connectivity index (χ1v) is 6.76. The number of hydrogen-bond acceptors (Lipinski definition) is 4. The van der Waals surface area contributed by atoms with Crippen LogP contribution in [0.1, 0.15) is 25.7 Å². The van der Waals surface area contributed by atoms with E-state index in [1.54, 1.807) is 0 Å². The predicted molar refractivity (Wildman–Crippen MR) is 61.5 cm³/mol. The van der Waals surface area contributed by atoms with Crippen molar-refractivity contribution in [2.24, 2.45) is 10.9 Å². The van der Waals surface area contributed by atoms with Crippen molar-refractivity contribution in [3.05, 3.63) is 0 Å². The van der Waals surface area contributed by atoms with Crippen molar-refractivity contribution >= 4 is 16.6 Å². The molecule has 1 aliphatic heterocycles. The third-order valence-electron chi connectivity index (χ3n) is 2.56. The third-order valence-corrected chi connectivity index (χ3v) is 3.94. The Kier molecular flexibility index (Phi) is 5.63. The summed E-state index contributed by atoms with van der Waals surface area (Å²) in [4.78, 5) is 0. The highest BCUT2D eigenvalue weighted by molar-refractivity contribution is 7.85. The molecule has 1 heterocycles. The van der Waals surface area contributed by atoms with Crippen molar-refractivity contribution in [1.29, 1.82) is 0 Å². The van der Waals surface area contributed by atoms with Gasteiger partial charge in [-0.15, -0.1) is 0 Å². The molecule has 0 spiro atoms. The monoisotopic (exact) mass is 233 g/mol. The van der Waals surface area contributed by atoms with Crippen molar-refractivity contribution in [1.82, 2.24) is 5.32 Å². The van der Waals surface area contributed by atoms with Crippen LogP contribution in [0.5, 0.6) is 0 Å². The number of hydrogen-bond donors (Lipinski definition) is 3. The highest BCUT2D eigenvalue weighted by Gasteiger charge is 2.16. The molecule has 6 heteroatoms. The molecular formula is C9H19N3O2S. The molecule has 0 aromatic rings. The van der Waals surface area contributed by atoms with E-state index >= 15 is 0 Å². The van der Waals surface area contributed by atoms with E-state index in [4.69, 9.17) is 10.9 Å². The van der Waals surface area contributed by atoms with Gasteiger partial charge in [-0.05, 0) is 25.8 Å². The van der Waals surface area contributed by atoms with Crippen LogP contribution in [0.25, 0.3) is 0 Å². The van der Waals surface area contributed by atoms with Gasteiger partial charge >= 0.3 is 0 Å². The summed E-state index contributed by atoms with van der Waals surface area (Å²) in [6.07, 6.45) is 3.48. The quantitative estimate of drug-likeness (QED) is 0.205. The zero-order valence-electron chi connectivity index (χ0n) is 8.82. The van der Waals surface area contributed by atoms with E-state index in [1.807, 2.05) is 0 Å². The van der Waals surface area contributed by atoms with Crippen LogP contribution in [-0.4, -0.2) is 39.3 Å². The molecule has 4 N–H and O–H groups in total. The third kappa shape index (κ3) is 5.13. The van der Waals surface area contributed by atoms with Crippen LogP contribution in [0, 0.1) is 0 Å². The second-order valence-electron chi connectivity index (χ2n) is 3.77. The predicted octanol–water partition coefficient (Wildman–Crippen LogP) is 0.0137. The lowest BCUT2D eigenvalue weighted by Crippen LogP contribution is -2.36. The second kappa shape index (κ2) is 6.79. The number of nitrogens with one attached hydrogen (secondary N) is 1. The maximum Gasteiger partial charge on any atom is 0.139 e. The summed E-state index contributed by atoms with van der Waals surface area (Å²) >= 11 is 0. The Morgan fingerprint density at radius 1 is 1.53 bits per heavy atom. The van der Waals surface area contributed by atoms with Crippen LogP contribution >= 0.6 is 0 Å². The fraction of sp³-hybridized carbons (Fsp3) is 0.889. The number of nitrogens with two attached hydrogens (primary N) is 1. The first-order valence-electron chi connectivity index (χ1n) is 5.27. The Labute approximate surface area is 92.6 Å². The number of amidine groups is 1. The second-order valence-corrected chi connectivity index (χ2v) is 5.47. The van der Waals surface area contributed by atoms with Crippen molar-refractivity contribution in [3.63, 3.8) is 0 Å². The molecule has 0 unspecified atom stereocenters. The summed E-state index contributed by atoms with van der Waals surface area (Å²) in [7, 11) is -0.589. The van der Waals surface area contributed by atoms with Crippen LogP contribution in [-0.2, 0) is 10.8 Å². The Morgan fingerprint density at radius 2 is 2.20 bits per heavy atom. The Morgan fingerprint density at radius 3 is 2.80 bits per heavy atom. The summed E-state index contributed by atoms with van der Waals surface area (Å²) in [5, 5.41) is 14.6. The fourth-order valence-corrected chi connectivity index (χ4v) is 2.92. The van der Waals surface area contributed by atoms with Gasteiger partial charge in [-0.25, -0.2) is 0 Å². The van der Waals surface area contributed by atoms with Gasteiger partial charge in [-0.2, -0.15) is 0 Å². The van der Waals surface area contributed by atoms with E-state index in [-0.39, 0.29) is 5.84 Å². The lowest BCUT2D eigenvalue weighted by molar-refractivity contribution is 0.316. The zero-order chi connectivity index (χ0) is 11.1. The van der Waals surface area contributed by atoms with Gasteiger partial charge in [0.05, 0.1) is 0 Å². The van der Waals surface area contributed by atoms with Crippen molar-refractivity contribution in [2.45, 2.75) is 31.7 Å². The first-order chi connectivity index (χ1) is 7.22. The van der Waals surface area contributed by atoms with Gasteiger partial charge in [-0.1, -0.05) is 5.16 Å². The molecule has 0 aromatic carbocycles. The van der Waals surface area contributed by atoms with Gasteiger partial charge in [0, 0.05) is 34.8 Å². The lowest BCUT2D eigenvalue weighted by Gasteiger charge is -2.22. The fourth-order valence-electron chi connectivity index (χ4n) is 1.62. The number of rotatable bonds is 5. The average molecular weight is 233 g/mol. The molecule has 0 aliphatic carbocycles. The maximum absolute atomic E-state index is 11.1. The SMILES string of the molecule is NC(CCCNC1CCS(=O)CC1)=NO. The number of oxime groups is 1. The Balaban J connectivity index is 2.03. The molecule has 0 saturated carbocycles. The number of nitrogens with zero attached hydrogens (tertiary/aromatic N) is 1. The minimum absolute atomic E-state index is 0.279. The topological polar surface area (TPSA) is 87.7 Å². The molecule has 0 aromatic heterocycles. The molecule has 88 valence electrons. The van der Waals surface area contributed by atoms with Gasteiger partial charge < -0.3 is 16.3 Å². The minimum Gasteiger partial charge on any atom is -0.409 e. The van der Waals surface area contributed by atoms with Crippen LogP contribution < -0.4 is 11.1 Å². The molecule has 1 saturated heterocycles. The van der Waals surface area contributed by atoms with E-state index < -0.39 is 10.8 Å². The summed E-state index contributed by atoms with van der Waals surface area (Å²) < 4.78 is 11.1.